The van der Waals surface area contributed by atoms with E-state index in [0.29, 0.717) is 27.8 Å². The fourth-order valence-corrected chi connectivity index (χ4v) is 5.78. The van der Waals surface area contributed by atoms with Crippen LogP contribution in [0.5, 0.6) is 0 Å². The van der Waals surface area contributed by atoms with Gasteiger partial charge in [0.05, 0.1) is 37.2 Å². The standard InChI is InChI=1S/C30H30F5N5O4/c1-43-16-22(40-15-24(30(33,34)35)38-28(40)42)20-5-6-23-21(13-20)37-27(44-23)26(19-7-9-29(31,32)10-8-19)39-25(41)12-17-3-2-4-18(11-17)14-36/h2-6,11,13,19,22,24,26H,7-10,12,15-16H2,1H3,(H,38,42)(H,39,41). The van der Waals surface area contributed by atoms with E-state index in [4.69, 9.17) is 14.4 Å². The van der Waals surface area contributed by atoms with E-state index in [-0.39, 0.29) is 44.6 Å². The van der Waals surface area contributed by atoms with Crippen LogP contribution in [0.1, 0.15) is 60.3 Å². The number of carbonyl (C=O) groups excluding carboxylic acids is 2. The highest BCUT2D eigenvalue weighted by atomic mass is 19.4. The van der Waals surface area contributed by atoms with Crippen molar-refractivity contribution in [3.8, 4) is 6.07 Å². The molecule has 3 atom stereocenters. The van der Waals surface area contributed by atoms with Crippen LogP contribution in [0.2, 0.25) is 0 Å². The maximum Gasteiger partial charge on any atom is 0.410 e. The summed E-state index contributed by atoms with van der Waals surface area (Å²) in [4.78, 5) is 31.2. The van der Waals surface area contributed by atoms with E-state index in [9.17, 15) is 31.5 Å². The summed E-state index contributed by atoms with van der Waals surface area (Å²) >= 11 is 0. The lowest BCUT2D eigenvalue weighted by Crippen LogP contribution is -2.40. The number of hydrogen-bond acceptors (Lipinski definition) is 6. The van der Waals surface area contributed by atoms with Crippen molar-refractivity contribution in [1.29, 1.82) is 5.26 Å². The highest BCUT2D eigenvalue weighted by Gasteiger charge is 2.48. The summed E-state index contributed by atoms with van der Waals surface area (Å²) in [5.41, 5.74) is 2.06. The maximum atomic E-state index is 14.0. The van der Waals surface area contributed by atoms with Gasteiger partial charge in [-0.15, -0.1) is 0 Å². The van der Waals surface area contributed by atoms with Crippen molar-refractivity contribution in [2.75, 3.05) is 20.3 Å². The van der Waals surface area contributed by atoms with Crippen molar-refractivity contribution < 1.29 is 40.7 Å². The number of halogens is 5. The van der Waals surface area contributed by atoms with Crippen LogP contribution >= 0.6 is 0 Å². The predicted molar refractivity (Wildman–Crippen MR) is 146 cm³/mol. The van der Waals surface area contributed by atoms with Crippen LogP contribution in [-0.2, 0) is 16.0 Å². The molecule has 14 heteroatoms. The van der Waals surface area contributed by atoms with Gasteiger partial charge in [0.2, 0.25) is 17.7 Å². The van der Waals surface area contributed by atoms with E-state index in [0.717, 1.165) is 4.90 Å². The number of benzene rings is 2. The molecule has 1 saturated carbocycles. The molecule has 1 aliphatic heterocycles. The molecule has 44 heavy (non-hydrogen) atoms. The number of urea groups is 1. The molecule has 3 amide bonds. The third-order valence-corrected chi connectivity index (χ3v) is 8.08. The van der Waals surface area contributed by atoms with Crippen LogP contribution in [0.4, 0.5) is 26.7 Å². The van der Waals surface area contributed by atoms with Gasteiger partial charge in [0.1, 0.15) is 17.6 Å². The molecule has 1 aromatic heterocycles. The number of fused-ring (bicyclic) bond motifs is 1. The molecule has 0 radical (unpaired) electrons. The largest absolute Gasteiger partial charge is 0.438 e. The minimum absolute atomic E-state index is 0.0607. The number of rotatable bonds is 9. The van der Waals surface area contributed by atoms with Gasteiger partial charge in [0.25, 0.3) is 0 Å². The van der Waals surface area contributed by atoms with Crippen molar-refractivity contribution in [2.45, 2.75) is 62.3 Å². The highest BCUT2D eigenvalue weighted by Crippen LogP contribution is 2.42. The van der Waals surface area contributed by atoms with E-state index in [1.54, 1.807) is 42.5 Å². The van der Waals surface area contributed by atoms with Gasteiger partial charge < -0.3 is 24.7 Å². The summed E-state index contributed by atoms with van der Waals surface area (Å²) in [5, 5.41) is 14.0. The number of alkyl halides is 5. The average molecular weight is 620 g/mol. The lowest BCUT2D eigenvalue weighted by Gasteiger charge is -2.32. The molecule has 1 aliphatic carbocycles. The van der Waals surface area contributed by atoms with E-state index in [1.807, 2.05) is 11.4 Å². The lowest BCUT2D eigenvalue weighted by molar-refractivity contribution is -0.150. The van der Waals surface area contributed by atoms with E-state index >= 15 is 0 Å². The normalized spacial score (nSPS) is 20.2. The predicted octanol–water partition coefficient (Wildman–Crippen LogP) is 5.57. The summed E-state index contributed by atoms with van der Waals surface area (Å²) < 4.78 is 79.2. The third kappa shape index (κ3) is 6.93. The molecular weight excluding hydrogens is 589 g/mol. The Morgan fingerprint density at radius 2 is 2.00 bits per heavy atom. The summed E-state index contributed by atoms with van der Waals surface area (Å²) in [7, 11) is 1.37. The van der Waals surface area contributed by atoms with Crippen LogP contribution < -0.4 is 10.6 Å². The first kappa shape index (κ1) is 31.2. The van der Waals surface area contributed by atoms with Gasteiger partial charge >= 0.3 is 12.2 Å². The minimum atomic E-state index is -4.62. The molecule has 2 fully saturated rings. The van der Waals surface area contributed by atoms with Gasteiger partial charge in [-0.3, -0.25) is 4.79 Å². The van der Waals surface area contributed by atoms with Crippen molar-refractivity contribution >= 4 is 23.0 Å². The second kappa shape index (κ2) is 12.4. The number of nitriles is 1. The molecule has 0 bridgehead atoms. The summed E-state index contributed by atoms with van der Waals surface area (Å²) in [6.07, 6.45) is -5.15. The Balaban J connectivity index is 1.42. The van der Waals surface area contributed by atoms with Crippen molar-refractivity contribution in [2.24, 2.45) is 5.92 Å². The Bertz CT molecular complexity index is 1560. The van der Waals surface area contributed by atoms with Crippen molar-refractivity contribution in [3.63, 3.8) is 0 Å². The van der Waals surface area contributed by atoms with Gasteiger partial charge in [0, 0.05) is 20.0 Å². The molecule has 0 spiro atoms. The van der Waals surface area contributed by atoms with Crippen LogP contribution in [-0.4, -0.2) is 60.2 Å². The van der Waals surface area contributed by atoms with Crippen LogP contribution in [0.25, 0.3) is 11.1 Å². The summed E-state index contributed by atoms with van der Waals surface area (Å²) in [5.74, 6) is -3.51. The molecule has 1 saturated heterocycles. The number of amides is 3. The highest BCUT2D eigenvalue weighted by molar-refractivity contribution is 5.80. The number of aromatic nitrogens is 1. The first-order valence-corrected chi connectivity index (χ1v) is 14.1. The molecule has 3 aromatic rings. The van der Waals surface area contributed by atoms with E-state index < -0.39 is 54.6 Å². The minimum Gasteiger partial charge on any atom is -0.438 e. The quantitative estimate of drug-likeness (QED) is 0.302. The molecule has 3 unspecified atom stereocenters. The zero-order chi connectivity index (χ0) is 31.6. The van der Waals surface area contributed by atoms with E-state index in [2.05, 4.69) is 10.3 Å². The smallest absolute Gasteiger partial charge is 0.410 e. The maximum absolute atomic E-state index is 14.0. The van der Waals surface area contributed by atoms with Crippen LogP contribution in [0, 0.1) is 17.2 Å². The fraction of sp³-hybridized carbons (Fsp3) is 0.467. The van der Waals surface area contributed by atoms with Gasteiger partial charge in [-0.1, -0.05) is 18.2 Å². The molecule has 2 heterocycles. The number of carbonyl (C=O) groups is 2. The number of nitrogens with zero attached hydrogens (tertiary/aromatic N) is 3. The Hall–Kier alpha value is -4.25. The fourth-order valence-electron chi connectivity index (χ4n) is 5.78. The SMILES string of the molecule is COCC(c1ccc2oc(C(NC(=O)Cc3cccc(C#N)c3)C3CCC(F)(F)CC3)nc2c1)N1CC(C(F)(F)F)NC1=O. The average Bonchev–Trinajstić information content (AvgIpc) is 3.58. The Kier molecular flexibility index (Phi) is 8.78. The number of methoxy groups -OCH3 is 1. The molecule has 9 nitrogen and oxygen atoms in total. The second-order valence-corrected chi connectivity index (χ2v) is 11.2. The first-order chi connectivity index (χ1) is 20.9. The van der Waals surface area contributed by atoms with Gasteiger partial charge in [-0.25, -0.2) is 18.6 Å². The van der Waals surface area contributed by atoms with Crippen molar-refractivity contribution in [1.82, 2.24) is 20.5 Å². The number of ether oxygens (including phenoxy) is 1. The molecule has 5 rings (SSSR count). The van der Waals surface area contributed by atoms with Crippen molar-refractivity contribution in [3.05, 3.63) is 65.0 Å². The number of hydrogen-bond donors (Lipinski definition) is 2. The van der Waals surface area contributed by atoms with Crippen LogP contribution in [0.15, 0.2) is 46.9 Å². The molecule has 2 aliphatic rings. The monoisotopic (exact) mass is 619 g/mol. The van der Waals surface area contributed by atoms with Gasteiger partial charge in [0.15, 0.2) is 5.58 Å². The first-order valence-electron chi connectivity index (χ1n) is 14.1. The molecule has 2 aromatic carbocycles. The number of nitrogens with one attached hydrogen (secondary N) is 2. The number of oxazole rings is 1. The van der Waals surface area contributed by atoms with Gasteiger partial charge in [-0.05, 0) is 54.2 Å². The Labute approximate surface area is 249 Å². The Morgan fingerprint density at radius 1 is 1.25 bits per heavy atom. The molecular formula is C30H30F5N5O4. The van der Waals surface area contributed by atoms with Gasteiger partial charge in [-0.2, -0.15) is 18.4 Å². The Morgan fingerprint density at radius 3 is 2.66 bits per heavy atom. The lowest BCUT2D eigenvalue weighted by atomic mass is 9.82. The van der Waals surface area contributed by atoms with E-state index in [1.165, 1.54) is 7.11 Å². The second-order valence-electron chi connectivity index (χ2n) is 11.2. The molecule has 2 N–H and O–H groups in total. The van der Waals surface area contributed by atoms with Crippen LogP contribution in [0.3, 0.4) is 0 Å². The summed E-state index contributed by atoms with van der Waals surface area (Å²) in [6, 6.07) is 8.69. The molecule has 234 valence electrons. The zero-order valence-corrected chi connectivity index (χ0v) is 23.7. The summed E-state index contributed by atoms with van der Waals surface area (Å²) in [6.45, 7) is -0.688. The zero-order valence-electron chi connectivity index (χ0n) is 23.7. The third-order valence-electron chi connectivity index (χ3n) is 8.08. The topological polar surface area (TPSA) is 120 Å².